The molecule has 0 spiro atoms. The molecule has 0 atom stereocenters. The van der Waals surface area contributed by atoms with Crippen molar-refractivity contribution in [3.8, 4) is 0 Å². The lowest BCUT2D eigenvalue weighted by molar-refractivity contribution is -0.117. The number of anilines is 1. The number of carbonyl (C=O) groups excluding carboxylic acids is 1. The number of hydrazone groups is 1. The summed E-state index contributed by atoms with van der Waals surface area (Å²) in [6.45, 7) is 3.11. The van der Waals surface area contributed by atoms with Crippen LogP contribution in [-0.4, -0.2) is 23.3 Å². The maximum absolute atomic E-state index is 12.9. The lowest BCUT2D eigenvalue weighted by Crippen LogP contribution is -2.32. The van der Waals surface area contributed by atoms with Gasteiger partial charge in [0.15, 0.2) is 5.11 Å². The number of nitrogens with one attached hydrogen (secondary N) is 2. The quantitative estimate of drug-likeness (QED) is 0.472. The Bertz CT molecular complexity index is 867. The van der Waals surface area contributed by atoms with Gasteiger partial charge in [0.1, 0.15) is 5.82 Å². The fourth-order valence-corrected chi connectivity index (χ4v) is 2.96. The second kappa shape index (κ2) is 8.73. The van der Waals surface area contributed by atoms with E-state index < -0.39 is 0 Å². The van der Waals surface area contributed by atoms with Crippen molar-refractivity contribution in [1.82, 2.24) is 10.7 Å². The fraction of sp³-hybridized carbons (Fsp3) is 0.250. The molecule has 3 rings (SSSR count). The zero-order chi connectivity index (χ0) is 19.2. The van der Waals surface area contributed by atoms with Crippen LogP contribution in [0.3, 0.4) is 0 Å². The molecule has 0 saturated carbocycles. The zero-order valence-electron chi connectivity index (χ0n) is 15.0. The molecule has 0 aromatic heterocycles. The second-order valence-electron chi connectivity index (χ2n) is 6.32. The maximum atomic E-state index is 12.9. The Morgan fingerprint density at radius 1 is 1.26 bits per heavy atom. The lowest BCUT2D eigenvalue weighted by Gasteiger charge is -2.16. The number of thiocarbonyl (C=S) groups is 1. The minimum absolute atomic E-state index is 0.158. The van der Waals surface area contributed by atoms with Gasteiger partial charge in [0.2, 0.25) is 5.91 Å². The third-order valence-corrected chi connectivity index (χ3v) is 4.58. The van der Waals surface area contributed by atoms with Gasteiger partial charge >= 0.3 is 0 Å². The molecular weight excluding hydrogens is 363 g/mol. The van der Waals surface area contributed by atoms with E-state index in [1.165, 1.54) is 12.1 Å². The third kappa shape index (κ3) is 5.10. The molecule has 1 fully saturated rings. The molecule has 0 radical (unpaired) electrons. The van der Waals surface area contributed by atoms with E-state index in [1.807, 2.05) is 31.2 Å². The molecule has 2 aromatic rings. The van der Waals surface area contributed by atoms with Crippen LogP contribution in [0, 0.1) is 5.82 Å². The van der Waals surface area contributed by atoms with Crippen LogP contribution in [0.5, 0.6) is 0 Å². The average Bonchev–Trinajstić information content (AvgIpc) is 3.11. The van der Waals surface area contributed by atoms with Gasteiger partial charge in [-0.25, -0.2) is 4.39 Å². The van der Waals surface area contributed by atoms with Gasteiger partial charge in [-0.15, -0.1) is 0 Å². The predicted octanol–water partition coefficient (Wildman–Crippen LogP) is 3.34. The van der Waals surface area contributed by atoms with Crippen LogP contribution in [-0.2, 0) is 11.3 Å². The first-order chi connectivity index (χ1) is 13.0. The van der Waals surface area contributed by atoms with Gasteiger partial charge in [0.25, 0.3) is 0 Å². The Hall–Kier alpha value is -2.80. The predicted molar refractivity (Wildman–Crippen MR) is 109 cm³/mol. The highest BCUT2D eigenvalue weighted by molar-refractivity contribution is 7.80. The van der Waals surface area contributed by atoms with Gasteiger partial charge in [-0.05, 0) is 61.0 Å². The fourth-order valence-electron chi connectivity index (χ4n) is 2.84. The number of halogens is 1. The third-order valence-electron chi connectivity index (χ3n) is 4.34. The van der Waals surface area contributed by atoms with Crippen molar-refractivity contribution in [2.45, 2.75) is 26.3 Å². The highest BCUT2D eigenvalue weighted by Crippen LogP contribution is 2.22. The summed E-state index contributed by atoms with van der Waals surface area (Å²) in [6.07, 6.45) is 1.50. The largest absolute Gasteiger partial charge is 0.357 e. The van der Waals surface area contributed by atoms with Crippen molar-refractivity contribution in [2.24, 2.45) is 5.10 Å². The summed E-state index contributed by atoms with van der Waals surface area (Å²) in [4.78, 5) is 13.7. The number of hydrogen-bond donors (Lipinski definition) is 2. The minimum atomic E-state index is -0.266. The van der Waals surface area contributed by atoms with Crippen molar-refractivity contribution in [3.05, 3.63) is 65.5 Å². The van der Waals surface area contributed by atoms with Gasteiger partial charge in [-0.2, -0.15) is 5.10 Å². The molecule has 1 amide bonds. The zero-order valence-corrected chi connectivity index (χ0v) is 15.9. The lowest BCUT2D eigenvalue weighted by atomic mass is 10.1. The standard InChI is InChI=1S/C20H21FN4OS/c1-14(16-4-2-5-18(12-16)25-11-3-6-19(25)26)23-24-20(27)22-13-15-7-9-17(21)10-8-15/h2,4-5,7-10,12H,3,6,11,13H2,1H3,(H2,22,24,27)/b23-14-. The number of carbonyl (C=O) groups is 1. The monoisotopic (exact) mass is 384 g/mol. The van der Waals surface area contributed by atoms with E-state index in [2.05, 4.69) is 15.8 Å². The van der Waals surface area contributed by atoms with Crippen LogP contribution in [0.15, 0.2) is 53.6 Å². The molecule has 0 bridgehead atoms. The Balaban J connectivity index is 1.57. The molecule has 1 saturated heterocycles. The number of benzene rings is 2. The van der Waals surface area contributed by atoms with E-state index in [1.54, 1.807) is 17.0 Å². The number of nitrogens with zero attached hydrogens (tertiary/aromatic N) is 2. The summed E-state index contributed by atoms with van der Waals surface area (Å²) in [5.41, 5.74) is 6.30. The summed E-state index contributed by atoms with van der Waals surface area (Å²) in [6, 6.07) is 14.0. The summed E-state index contributed by atoms with van der Waals surface area (Å²) in [5, 5.41) is 7.71. The summed E-state index contributed by atoms with van der Waals surface area (Å²) in [7, 11) is 0. The first kappa shape index (κ1) is 19.0. The smallest absolute Gasteiger partial charge is 0.227 e. The molecule has 27 heavy (non-hydrogen) atoms. The second-order valence-corrected chi connectivity index (χ2v) is 6.73. The highest BCUT2D eigenvalue weighted by Gasteiger charge is 2.21. The maximum Gasteiger partial charge on any atom is 0.227 e. The van der Waals surface area contributed by atoms with Crippen LogP contribution in [0.2, 0.25) is 0 Å². The van der Waals surface area contributed by atoms with Crippen LogP contribution in [0.1, 0.15) is 30.9 Å². The topological polar surface area (TPSA) is 56.7 Å². The van der Waals surface area contributed by atoms with Crippen LogP contribution in [0.25, 0.3) is 0 Å². The van der Waals surface area contributed by atoms with Crippen LogP contribution in [0.4, 0.5) is 10.1 Å². The molecular formula is C20H21FN4OS. The number of hydrogen-bond acceptors (Lipinski definition) is 3. The van der Waals surface area contributed by atoms with Gasteiger partial charge in [0.05, 0.1) is 5.71 Å². The van der Waals surface area contributed by atoms with Crippen molar-refractivity contribution in [1.29, 1.82) is 0 Å². The Labute approximate surface area is 163 Å². The van der Waals surface area contributed by atoms with Crippen molar-refractivity contribution in [3.63, 3.8) is 0 Å². The van der Waals surface area contributed by atoms with E-state index in [-0.39, 0.29) is 11.7 Å². The SMILES string of the molecule is C/C(=N/NC(=S)NCc1ccc(F)cc1)c1cccc(N2CCCC2=O)c1. The molecule has 0 unspecified atom stereocenters. The molecule has 1 aliphatic heterocycles. The van der Waals surface area contributed by atoms with Gasteiger partial charge < -0.3 is 10.2 Å². The Morgan fingerprint density at radius 3 is 2.74 bits per heavy atom. The first-order valence-electron chi connectivity index (χ1n) is 8.76. The normalized spacial score (nSPS) is 14.4. The number of amides is 1. The molecule has 140 valence electrons. The average molecular weight is 384 g/mol. The van der Waals surface area contributed by atoms with E-state index in [0.717, 1.165) is 35.5 Å². The van der Waals surface area contributed by atoms with Crippen LogP contribution < -0.4 is 15.6 Å². The summed E-state index contributed by atoms with van der Waals surface area (Å²) < 4.78 is 12.9. The highest BCUT2D eigenvalue weighted by atomic mass is 32.1. The molecule has 2 aromatic carbocycles. The number of rotatable bonds is 5. The molecule has 2 N–H and O–H groups in total. The van der Waals surface area contributed by atoms with Crippen molar-refractivity contribution in [2.75, 3.05) is 11.4 Å². The van der Waals surface area contributed by atoms with E-state index in [4.69, 9.17) is 12.2 Å². The van der Waals surface area contributed by atoms with E-state index in [9.17, 15) is 9.18 Å². The van der Waals surface area contributed by atoms with Crippen molar-refractivity contribution < 1.29 is 9.18 Å². The van der Waals surface area contributed by atoms with Crippen LogP contribution >= 0.6 is 12.2 Å². The summed E-state index contributed by atoms with van der Waals surface area (Å²) >= 11 is 5.22. The van der Waals surface area contributed by atoms with E-state index in [0.29, 0.717) is 18.1 Å². The Morgan fingerprint density at radius 2 is 2.04 bits per heavy atom. The molecule has 0 aliphatic carbocycles. The van der Waals surface area contributed by atoms with Gasteiger partial charge in [0, 0.05) is 25.2 Å². The van der Waals surface area contributed by atoms with Crippen molar-refractivity contribution >= 4 is 34.6 Å². The molecule has 1 heterocycles. The van der Waals surface area contributed by atoms with E-state index >= 15 is 0 Å². The van der Waals surface area contributed by atoms with Gasteiger partial charge in [-0.3, -0.25) is 10.2 Å². The molecule has 7 heteroatoms. The molecule has 5 nitrogen and oxygen atoms in total. The Kier molecular flexibility index (Phi) is 6.13. The van der Waals surface area contributed by atoms with Gasteiger partial charge in [-0.1, -0.05) is 24.3 Å². The summed E-state index contributed by atoms with van der Waals surface area (Å²) in [5.74, 6) is -0.108. The molecule has 1 aliphatic rings. The minimum Gasteiger partial charge on any atom is -0.357 e. The first-order valence-corrected chi connectivity index (χ1v) is 9.17.